The van der Waals surface area contributed by atoms with Crippen LogP contribution >= 0.6 is 0 Å². The summed E-state index contributed by atoms with van der Waals surface area (Å²) in [4.78, 5) is 31.4. The Hall–Kier alpha value is -3.69. The highest BCUT2D eigenvalue weighted by Crippen LogP contribution is 2.34. The minimum absolute atomic E-state index is 0.0116. The highest BCUT2D eigenvalue weighted by molar-refractivity contribution is 5.79. The lowest BCUT2D eigenvalue weighted by Crippen LogP contribution is -2.38. The van der Waals surface area contributed by atoms with Crippen LogP contribution in [0.4, 0.5) is 17.6 Å². The molecule has 208 valence electrons. The lowest BCUT2D eigenvalue weighted by Gasteiger charge is -2.31. The highest BCUT2D eigenvalue weighted by Gasteiger charge is 2.34. The van der Waals surface area contributed by atoms with Crippen molar-refractivity contribution in [2.24, 2.45) is 5.41 Å². The number of ether oxygens (including phenoxy) is 1. The Labute approximate surface area is 224 Å². The second kappa shape index (κ2) is 10.8. The first kappa shape index (κ1) is 28.3. The Morgan fingerprint density at radius 2 is 1.87 bits per heavy atom. The molecule has 10 heteroatoms. The summed E-state index contributed by atoms with van der Waals surface area (Å²) in [6.45, 7) is 8.24. The zero-order valence-corrected chi connectivity index (χ0v) is 22.3. The van der Waals surface area contributed by atoms with Crippen molar-refractivity contribution in [3.05, 3.63) is 86.8 Å². The Morgan fingerprint density at radius 1 is 1.18 bits per heavy atom. The maximum atomic E-state index is 13.7. The van der Waals surface area contributed by atoms with Crippen LogP contribution in [0.5, 0.6) is 5.75 Å². The van der Waals surface area contributed by atoms with E-state index in [0.29, 0.717) is 60.1 Å². The van der Waals surface area contributed by atoms with Crippen molar-refractivity contribution in [2.45, 2.75) is 65.6 Å². The number of halogens is 4. The quantitative estimate of drug-likeness (QED) is 0.385. The summed E-state index contributed by atoms with van der Waals surface area (Å²) in [5.41, 5.74) is 0.193. The molecule has 1 heterocycles. The number of fused-ring (bicyclic) bond motifs is 1. The Kier molecular flexibility index (Phi) is 7.86. The minimum atomic E-state index is -4.88. The van der Waals surface area contributed by atoms with E-state index >= 15 is 0 Å². The molecule has 0 radical (unpaired) electrons. The average Bonchev–Trinajstić information content (AvgIpc) is 2.84. The van der Waals surface area contributed by atoms with Crippen LogP contribution in [-0.2, 0) is 30.2 Å². The summed E-state index contributed by atoms with van der Waals surface area (Å²) < 4.78 is 60.0. The first-order valence-electron chi connectivity index (χ1n) is 12.8. The molecule has 1 atom stereocenters. The second-order valence-electron chi connectivity index (χ2n) is 10.6. The van der Waals surface area contributed by atoms with Crippen molar-refractivity contribution >= 4 is 5.91 Å². The van der Waals surface area contributed by atoms with Crippen LogP contribution in [0, 0.1) is 11.2 Å². The molecule has 1 amide bonds. The molecule has 0 bridgehead atoms. The van der Waals surface area contributed by atoms with E-state index in [1.807, 2.05) is 6.92 Å². The molecule has 0 unspecified atom stereocenters. The normalized spacial score (nSPS) is 15.4. The molecule has 1 aromatic heterocycles. The van der Waals surface area contributed by atoms with Crippen molar-refractivity contribution in [2.75, 3.05) is 6.61 Å². The van der Waals surface area contributed by atoms with Gasteiger partial charge in [-0.3, -0.25) is 14.2 Å². The van der Waals surface area contributed by atoms with Gasteiger partial charge in [-0.05, 0) is 80.5 Å². The van der Waals surface area contributed by atoms with E-state index in [1.54, 1.807) is 31.2 Å². The van der Waals surface area contributed by atoms with Crippen molar-refractivity contribution in [1.29, 1.82) is 0 Å². The van der Waals surface area contributed by atoms with Gasteiger partial charge < -0.3 is 10.1 Å². The summed E-state index contributed by atoms with van der Waals surface area (Å²) in [6.07, 6.45) is -3.26. The van der Waals surface area contributed by atoms with Crippen molar-refractivity contribution in [3.8, 4) is 11.4 Å². The van der Waals surface area contributed by atoms with Gasteiger partial charge in [-0.25, -0.2) is 9.37 Å². The molecule has 1 N–H and O–H groups in total. The molecule has 0 saturated carbocycles. The van der Waals surface area contributed by atoms with Gasteiger partial charge in [-0.15, -0.1) is 0 Å². The predicted molar refractivity (Wildman–Crippen MR) is 138 cm³/mol. The molecule has 2 aromatic carbocycles. The number of amides is 1. The van der Waals surface area contributed by atoms with Crippen LogP contribution in [0.3, 0.4) is 0 Å². The number of hydrogen-bond acceptors (Lipinski definition) is 4. The van der Waals surface area contributed by atoms with E-state index in [-0.39, 0.29) is 16.5 Å². The molecule has 3 aromatic rings. The molecule has 0 aliphatic heterocycles. The summed E-state index contributed by atoms with van der Waals surface area (Å²) in [5, 5.41) is 2.75. The Bertz CT molecular complexity index is 1430. The first-order valence-corrected chi connectivity index (χ1v) is 12.8. The van der Waals surface area contributed by atoms with Gasteiger partial charge in [0.1, 0.15) is 17.4 Å². The fourth-order valence-corrected chi connectivity index (χ4v) is 4.86. The SMILES string of the molecule is CCOc1ccc(-n2c([C@@H](C)NC(=O)Cc3ccc(F)c(C(F)(F)F)c3)nc3c(c2=O)CCC(C)(C)C3)cc1. The molecule has 1 aliphatic carbocycles. The van der Waals surface area contributed by atoms with Crippen LogP contribution in [0.15, 0.2) is 47.3 Å². The van der Waals surface area contributed by atoms with Gasteiger partial charge in [0, 0.05) is 5.56 Å². The van der Waals surface area contributed by atoms with Crippen molar-refractivity contribution in [3.63, 3.8) is 0 Å². The Balaban J connectivity index is 1.68. The number of alkyl halides is 3. The third-order valence-electron chi connectivity index (χ3n) is 6.86. The van der Waals surface area contributed by atoms with E-state index < -0.39 is 35.9 Å². The summed E-state index contributed by atoms with van der Waals surface area (Å²) in [6, 6.07) is 8.69. The molecule has 39 heavy (non-hydrogen) atoms. The first-order chi connectivity index (χ1) is 18.3. The van der Waals surface area contributed by atoms with Crippen LogP contribution in [0.2, 0.25) is 0 Å². The number of rotatable bonds is 7. The number of nitrogens with zero attached hydrogens (tertiary/aromatic N) is 2. The topological polar surface area (TPSA) is 73.2 Å². The Morgan fingerprint density at radius 3 is 2.51 bits per heavy atom. The van der Waals surface area contributed by atoms with E-state index in [2.05, 4.69) is 19.2 Å². The largest absolute Gasteiger partial charge is 0.494 e. The molecule has 0 spiro atoms. The monoisotopic (exact) mass is 545 g/mol. The van der Waals surface area contributed by atoms with E-state index in [4.69, 9.17) is 9.72 Å². The maximum absolute atomic E-state index is 13.7. The summed E-state index contributed by atoms with van der Waals surface area (Å²) in [5.74, 6) is -1.04. The zero-order valence-electron chi connectivity index (χ0n) is 22.3. The molecular formula is C29H31F4N3O3. The average molecular weight is 546 g/mol. The van der Waals surface area contributed by atoms with Crippen molar-refractivity contribution in [1.82, 2.24) is 14.9 Å². The standard InChI is InChI=1S/C29H31F4N3O3/c1-5-39-20-9-7-19(8-10-20)36-26(35-24-16-28(3,4)13-12-21(24)27(36)38)17(2)34-25(37)15-18-6-11-23(30)22(14-18)29(31,32)33/h6-11,14,17H,5,12-13,15-16H2,1-4H3,(H,34,37)/t17-/m1/s1. The fourth-order valence-electron chi connectivity index (χ4n) is 4.86. The van der Waals surface area contributed by atoms with Crippen molar-refractivity contribution < 1.29 is 27.1 Å². The molecule has 1 aliphatic rings. The lowest BCUT2D eigenvalue weighted by atomic mass is 9.76. The van der Waals surface area contributed by atoms with Crippen LogP contribution in [0.25, 0.3) is 5.69 Å². The van der Waals surface area contributed by atoms with Gasteiger partial charge in [-0.1, -0.05) is 19.9 Å². The zero-order chi connectivity index (χ0) is 28.5. The van der Waals surface area contributed by atoms with Gasteiger partial charge in [0.05, 0.1) is 36.0 Å². The number of nitrogens with one attached hydrogen (secondary N) is 1. The van der Waals surface area contributed by atoms with Crippen LogP contribution in [-0.4, -0.2) is 22.1 Å². The van der Waals surface area contributed by atoms with Gasteiger partial charge in [0.15, 0.2) is 0 Å². The van der Waals surface area contributed by atoms with E-state index in [1.165, 1.54) is 4.57 Å². The number of carbonyl (C=O) groups excluding carboxylic acids is 1. The van der Waals surface area contributed by atoms with Gasteiger partial charge in [0.25, 0.3) is 5.56 Å². The third-order valence-corrected chi connectivity index (χ3v) is 6.86. The van der Waals surface area contributed by atoms with Gasteiger partial charge >= 0.3 is 6.18 Å². The smallest absolute Gasteiger partial charge is 0.419 e. The molecule has 0 saturated heterocycles. The number of benzene rings is 2. The minimum Gasteiger partial charge on any atom is -0.494 e. The summed E-state index contributed by atoms with van der Waals surface area (Å²) in [7, 11) is 0. The lowest BCUT2D eigenvalue weighted by molar-refractivity contribution is -0.140. The summed E-state index contributed by atoms with van der Waals surface area (Å²) >= 11 is 0. The van der Waals surface area contributed by atoms with Crippen LogP contribution < -0.4 is 15.6 Å². The van der Waals surface area contributed by atoms with Gasteiger partial charge in [-0.2, -0.15) is 13.2 Å². The number of carbonyl (C=O) groups is 1. The highest BCUT2D eigenvalue weighted by atomic mass is 19.4. The fraction of sp³-hybridized carbons (Fsp3) is 0.414. The number of hydrogen-bond donors (Lipinski definition) is 1. The van der Waals surface area contributed by atoms with Crippen LogP contribution in [0.1, 0.15) is 68.4 Å². The molecular weight excluding hydrogens is 514 g/mol. The number of aromatic nitrogens is 2. The second-order valence-corrected chi connectivity index (χ2v) is 10.6. The maximum Gasteiger partial charge on any atom is 0.419 e. The van der Waals surface area contributed by atoms with E-state index in [0.717, 1.165) is 12.5 Å². The molecule has 0 fully saturated rings. The third kappa shape index (κ3) is 6.32. The van der Waals surface area contributed by atoms with Gasteiger partial charge in [0.2, 0.25) is 5.91 Å². The van der Waals surface area contributed by atoms with E-state index in [9.17, 15) is 27.2 Å². The molecule has 6 nitrogen and oxygen atoms in total. The predicted octanol–water partition coefficient (Wildman–Crippen LogP) is 5.72. The molecule has 4 rings (SSSR count).